The number of esters is 1. The SMILES string of the molecule is C=C(C)C(=O)OCCCCCCCCCCP(O)C(=O)C[N+](C)(C)C. The van der Waals surface area contributed by atoms with Crippen LogP contribution in [0.1, 0.15) is 58.3 Å². The van der Waals surface area contributed by atoms with E-state index in [4.69, 9.17) is 4.74 Å². The fraction of sp³-hybridized carbons (Fsp3) is 0.789. The summed E-state index contributed by atoms with van der Waals surface area (Å²) in [5.41, 5.74) is 0.459. The third kappa shape index (κ3) is 15.2. The molecule has 1 unspecified atom stereocenters. The van der Waals surface area contributed by atoms with Gasteiger partial charge in [-0.05, 0) is 25.9 Å². The van der Waals surface area contributed by atoms with Crippen molar-refractivity contribution in [1.29, 1.82) is 0 Å². The van der Waals surface area contributed by atoms with Crippen LogP contribution in [0.25, 0.3) is 0 Å². The number of carbonyl (C=O) groups is 2. The zero-order chi connectivity index (χ0) is 19.3. The van der Waals surface area contributed by atoms with E-state index in [1.807, 2.05) is 21.1 Å². The van der Waals surface area contributed by atoms with Gasteiger partial charge in [-0.15, -0.1) is 0 Å². The lowest BCUT2D eigenvalue weighted by Crippen LogP contribution is -2.39. The Morgan fingerprint density at radius 1 is 0.960 bits per heavy atom. The quantitative estimate of drug-likeness (QED) is 0.155. The Morgan fingerprint density at radius 2 is 1.44 bits per heavy atom. The van der Waals surface area contributed by atoms with E-state index in [0.29, 0.717) is 29.4 Å². The minimum Gasteiger partial charge on any atom is -0.462 e. The minimum absolute atomic E-state index is 0.00912. The number of carbonyl (C=O) groups excluding carboxylic acids is 2. The van der Waals surface area contributed by atoms with Gasteiger partial charge in [0.2, 0.25) is 5.52 Å². The van der Waals surface area contributed by atoms with E-state index in [-0.39, 0.29) is 11.5 Å². The van der Waals surface area contributed by atoms with Crippen molar-refractivity contribution in [3.05, 3.63) is 12.2 Å². The summed E-state index contributed by atoms with van der Waals surface area (Å²) in [6.45, 7) is 6.09. The Hall–Kier alpha value is -0.770. The number of ether oxygens (including phenoxy) is 1. The maximum Gasteiger partial charge on any atom is 0.333 e. The topological polar surface area (TPSA) is 63.6 Å². The molecule has 0 aromatic carbocycles. The monoisotopic (exact) mass is 374 g/mol. The van der Waals surface area contributed by atoms with Gasteiger partial charge in [0, 0.05) is 5.57 Å². The average Bonchev–Trinajstić information content (AvgIpc) is 2.50. The zero-order valence-electron chi connectivity index (χ0n) is 16.6. The van der Waals surface area contributed by atoms with Gasteiger partial charge in [-0.3, -0.25) is 4.79 Å². The molecule has 1 N–H and O–H groups in total. The van der Waals surface area contributed by atoms with E-state index < -0.39 is 8.15 Å². The Bertz CT molecular complexity index is 418. The van der Waals surface area contributed by atoms with Gasteiger partial charge in [0.25, 0.3) is 0 Å². The van der Waals surface area contributed by atoms with Crippen LogP contribution in [0.15, 0.2) is 12.2 Å². The first kappa shape index (κ1) is 24.2. The van der Waals surface area contributed by atoms with E-state index in [2.05, 4.69) is 6.58 Å². The highest BCUT2D eigenvalue weighted by molar-refractivity contribution is 7.69. The maximum atomic E-state index is 11.9. The predicted molar refractivity (Wildman–Crippen MR) is 105 cm³/mol. The molecule has 146 valence electrons. The molecule has 0 bridgehead atoms. The highest BCUT2D eigenvalue weighted by Crippen LogP contribution is 2.33. The van der Waals surface area contributed by atoms with Crippen LogP contribution >= 0.6 is 8.15 Å². The second kappa shape index (κ2) is 13.4. The zero-order valence-corrected chi connectivity index (χ0v) is 17.4. The van der Waals surface area contributed by atoms with Gasteiger partial charge < -0.3 is 14.1 Å². The molecular formula is C19H37NO4P+. The van der Waals surface area contributed by atoms with E-state index in [1.54, 1.807) is 6.92 Å². The van der Waals surface area contributed by atoms with Crippen LogP contribution in [0.3, 0.4) is 0 Å². The number of unbranched alkanes of at least 4 members (excludes halogenated alkanes) is 7. The van der Waals surface area contributed by atoms with E-state index >= 15 is 0 Å². The molecule has 0 saturated heterocycles. The van der Waals surface area contributed by atoms with Gasteiger partial charge in [-0.2, -0.15) is 0 Å². The number of rotatable bonds is 15. The molecule has 0 saturated carbocycles. The van der Waals surface area contributed by atoms with Gasteiger partial charge in [-0.1, -0.05) is 45.1 Å². The number of nitrogens with zero attached hydrogens (tertiary/aromatic N) is 1. The average molecular weight is 374 g/mol. The molecule has 0 aliphatic heterocycles. The lowest BCUT2D eigenvalue weighted by atomic mass is 10.1. The normalized spacial score (nSPS) is 12.7. The standard InChI is InChI=1S/C19H37NO4P/c1-17(2)19(22)24-14-12-10-8-6-7-9-11-13-15-25(23)18(21)16-20(3,4)5/h23H,1,6-16H2,2-5H3/q+1. The fourth-order valence-corrected chi connectivity index (χ4v) is 3.68. The van der Waals surface area contributed by atoms with Crippen LogP contribution in [0.2, 0.25) is 0 Å². The van der Waals surface area contributed by atoms with Crippen LogP contribution < -0.4 is 0 Å². The third-order valence-electron chi connectivity index (χ3n) is 3.74. The Morgan fingerprint density at radius 3 is 1.92 bits per heavy atom. The van der Waals surface area contributed by atoms with E-state index in [0.717, 1.165) is 38.5 Å². The van der Waals surface area contributed by atoms with E-state index in [1.165, 1.54) is 12.8 Å². The molecule has 0 aliphatic carbocycles. The number of quaternary nitrogens is 1. The van der Waals surface area contributed by atoms with Crippen LogP contribution in [-0.4, -0.2) is 61.3 Å². The van der Waals surface area contributed by atoms with Gasteiger partial charge >= 0.3 is 5.97 Å². The van der Waals surface area contributed by atoms with Crippen molar-refractivity contribution >= 4 is 19.6 Å². The molecule has 0 aromatic rings. The third-order valence-corrected chi connectivity index (χ3v) is 5.20. The first-order chi connectivity index (χ1) is 11.6. The molecule has 0 amide bonds. The van der Waals surface area contributed by atoms with Crippen LogP contribution in [0.5, 0.6) is 0 Å². The van der Waals surface area contributed by atoms with Crippen molar-refractivity contribution in [1.82, 2.24) is 0 Å². The summed E-state index contributed by atoms with van der Waals surface area (Å²) >= 11 is 0. The molecule has 0 aliphatic rings. The maximum absolute atomic E-state index is 11.9. The van der Waals surface area contributed by atoms with E-state index in [9.17, 15) is 14.5 Å². The smallest absolute Gasteiger partial charge is 0.333 e. The largest absolute Gasteiger partial charge is 0.462 e. The number of hydrogen-bond acceptors (Lipinski definition) is 4. The highest BCUT2D eigenvalue weighted by atomic mass is 31.1. The molecule has 0 fully saturated rings. The summed E-state index contributed by atoms with van der Waals surface area (Å²) in [6.07, 6.45) is 9.30. The summed E-state index contributed by atoms with van der Waals surface area (Å²) in [6, 6.07) is 0. The molecule has 0 radical (unpaired) electrons. The summed E-state index contributed by atoms with van der Waals surface area (Å²) < 4.78 is 5.62. The molecule has 0 aromatic heterocycles. The molecule has 6 heteroatoms. The van der Waals surface area contributed by atoms with Crippen molar-refractivity contribution < 1.29 is 23.7 Å². The lowest BCUT2D eigenvalue weighted by Gasteiger charge is -2.23. The second-order valence-corrected chi connectivity index (χ2v) is 9.46. The van der Waals surface area contributed by atoms with Gasteiger partial charge in [0.05, 0.1) is 27.7 Å². The summed E-state index contributed by atoms with van der Waals surface area (Å²) in [5, 5.41) is 0. The summed E-state index contributed by atoms with van der Waals surface area (Å²) in [7, 11) is 4.44. The molecule has 0 heterocycles. The van der Waals surface area contributed by atoms with Crippen molar-refractivity contribution in [2.45, 2.75) is 58.3 Å². The van der Waals surface area contributed by atoms with Crippen LogP contribution in [0, 0.1) is 0 Å². The molecule has 5 nitrogen and oxygen atoms in total. The Kier molecular flexibility index (Phi) is 13.0. The highest BCUT2D eigenvalue weighted by Gasteiger charge is 2.21. The summed E-state index contributed by atoms with van der Waals surface area (Å²) in [5.74, 6) is -0.302. The van der Waals surface area contributed by atoms with Crippen LogP contribution in [0.4, 0.5) is 0 Å². The molecule has 25 heavy (non-hydrogen) atoms. The van der Waals surface area contributed by atoms with Gasteiger partial charge in [0.15, 0.2) is 0 Å². The number of hydrogen-bond donors (Lipinski definition) is 1. The summed E-state index contributed by atoms with van der Waals surface area (Å²) in [4.78, 5) is 33.0. The Balaban J connectivity index is 3.43. The van der Waals surface area contributed by atoms with Gasteiger partial charge in [-0.25, -0.2) is 4.79 Å². The fourth-order valence-electron chi connectivity index (χ4n) is 2.32. The second-order valence-electron chi connectivity index (χ2n) is 7.71. The molecule has 0 spiro atoms. The Labute approximate surface area is 154 Å². The molecule has 0 rings (SSSR count). The predicted octanol–water partition coefficient (Wildman–Crippen LogP) is 3.85. The number of likely N-dealkylation sites (N-methyl/N-ethyl adjacent to an activating group) is 1. The van der Waals surface area contributed by atoms with Crippen LogP contribution in [-0.2, 0) is 14.3 Å². The van der Waals surface area contributed by atoms with Crippen molar-refractivity contribution in [2.75, 3.05) is 40.5 Å². The minimum atomic E-state index is -1.45. The first-order valence-corrected chi connectivity index (χ1v) is 10.7. The lowest BCUT2D eigenvalue weighted by molar-refractivity contribution is -0.861. The van der Waals surface area contributed by atoms with Crippen molar-refractivity contribution in [2.24, 2.45) is 0 Å². The van der Waals surface area contributed by atoms with Crippen molar-refractivity contribution in [3.63, 3.8) is 0 Å². The first-order valence-electron chi connectivity index (χ1n) is 9.26. The molecule has 1 atom stereocenters. The van der Waals surface area contributed by atoms with Gasteiger partial charge in [0.1, 0.15) is 14.7 Å². The molecular weight excluding hydrogens is 337 g/mol. The van der Waals surface area contributed by atoms with Crippen molar-refractivity contribution in [3.8, 4) is 0 Å².